The van der Waals surface area contributed by atoms with Gasteiger partial charge >= 0.3 is 6.18 Å². The van der Waals surface area contributed by atoms with Crippen LogP contribution in [0.15, 0.2) is 18.5 Å². The number of likely N-dealkylation sites (tertiary alicyclic amines) is 1. The van der Waals surface area contributed by atoms with Crippen molar-refractivity contribution < 1.29 is 22.7 Å². The van der Waals surface area contributed by atoms with Crippen molar-refractivity contribution in [1.29, 1.82) is 0 Å². The van der Waals surface area contributed by atoms with Gasteiger partial charge in [-0.05, 0) is 32.0 Å². The van der Waals surface area contributed by atoms with Gasteiger partial charge in [-0.15, -0.1) is 0 Å². The van der Waals surface area contributed by atoms with Crippen LogP contribution < -0.4 is 9.64 Å². The molecule has 0 N–H and O–H groups in total. The number of piperidine rings is 1. The van der Waals surface area contributed by atoms with Gasteiger partial charge in [-0.3, -0.25) is 14.7 Å². The first-order valence-electron chi connectivity index (χ1n) is 9.18. The van der Waals surface area contributed by atoms with E-state index in [1.165, 1.54) is 4.90 Å². The third kappa shape index (κ3) is 5.03. The Labute approximate surface area is 156 Å². The predicted octanol–water partition coefficient (Wildman–Crippen LogP) is 2.01. The number of nitrogens with zero attached hydrogens (tertiary/aromatic N) is 4. The van der Waals surface area contributed by atoms with Gasteiger partial charge in [-0.1, -0.05) is 0 Å². The summed E-state index contributed by atoms with van der Waals surface area (Å²) in [5, 5.41) is 0. The lowest BCUT2D eigenvalue weighted by Crippen LogP contribution is -2.52. The molecule has 2 fully saturated rings. The fourth-order valence-corrected chi connectivity index (χ4v) is 3.81. The molecular weight excluding hydrogens is 361 g/mol. The van der Waals surface area contributed by atoms with Crippen molar-refractivity contribution in [2.75, 3.05) is 57.8 Å². The standard InChI is InChI=1S/C18H25F3N4O2/c1-27-16-12-22-5-2-15(16)24-8-10-25(11-9-24)17(26)14-3-6-23(7-4-14)13-18(19,20)21/h2,5,12,14H,3-4,6-11,13H2,1H3. The molecule has 1 aromatic rings. The van der Waals surface area contributed by atoms with Crippen LogP contribution in [0.5, 0.6) is 5.75 Å². The number of carbonyl (C=O) groups is 1. The van der Waals surface area contributed by atoms with E-state index in [0.29, 0.717) is 57.9 Å². The van der Waals surface area contributed by atoms with Crippen LogP contribution in [0.4, 0.5) is 18.9 Å². The van der Waals surface area contributed by atoms with Gasteiger partial charge in [0.1, 0.15) is 0 Å². The Bertz CT molecular complexity index is 640. The number of alkyl halides is 3. The van der Waals surface area contributed by atoms with Crippen LogP contribution in [0.1, 0.15) is 12.8 Å². The Morgan fingerprint density at radius 3 is 2.44 bits per heavy atom. The largest absolute Gasteiger partial charge is 0.493 e. The molecule has 0 atom stereocenters. The molecule has 3 heterocycles. The molecule has 1 aromatic heterocycles. The number of ether oxygens (including phenoxy) is 1. The van der Waals surface area contributed by atoms with Crippen LogP contribution in [0.3, 0.4) is 0 Å². The second-order valence-electron chi connectivity index (χ2n) is 7.03. The molecule has 6 nitrogen and oxygen atoms in total. The minimum absolute atomic E-state index is 0.0722. The number of hydrogen-bond donors (Lipinski definition) is 0. The summed E-state index contributed by atoms with van der Waals surface area (Å²) in [7, 11) is 1.60. The number of methoxy groups -OCH3 is 1. The molecule has 1 amide bonds. The number of halogens is 3. The lowest BCUT2D eigenvalue weighted by atomic mass is 9.95. The minimum Gasteiger partial charge on any atom is -0.493 e. The van der Waals surface area contributed by atoms with Crippen LogP contribution in [-0.2, 0) is 4.79 Å². The molecule has 0 saturated carbocycles. The van der Waals surface area contributed by atoms with E-state index in [1.54, 1.807) is 19.5 Å². The van der Waals surface area contributed by atoms with E-state index in [0.717, 1.165) is 5.69 Å². The van der Waals surface area contributed by atoms with Gasteiger partial charge in [0.2, 0.25) is 5.91 Å². The van der Waals surface area contributed by atoms with E-state index in [1.807, 2.05) is 11.0 Å². The average Bonchev–Trinajstić information content (AvgIpc) is 2.67. The molecular formula is C18H25F3N4O2. The Morgan fingerprint density at radius 1 is 1.19 bits per heavy atom. The summed E-state index contributed by atoms with van der Waals surface area (Å²) in [6.45, 7) is 2.35. The molecule has 0 bridgehead atoms. The van der Waals surface area contributed by atoms with Crippen LogP contribution >= 0.6 is 0 Å². The summed E-state index contributed by atoms with van der Waals surface area (Å²) < 4.78 is 42.8. The summed E-state index contributed by atoms with van der Waals surface area (Å²) in [4.78, 5) is 22.2. The van der Waals surface area contributed by atoms with Gasteiger partial charge in [0, 0.05) is 38.3 Å². The van der Waals surface area contributed by atoms with E-state index in [2.05, 4.69) is 9.88 Å². The normalized spacial score (nSPS) is 20.0. The number of piperazine rings is 1. The molecule has 2 aliphatic rings. The van der Waals surface area contributed by atoms with Gasteiger partial charge < -0.3 is 14.5 Å². The Hall–Kier alpha value is -2.03. The fraction of sp³-hybridized carbons (Fsp3) is 0.667. The first-order chi connectivity index (χ1) is 12.9. The zero-order valence-corrected chi connectivity index (χ0v) is 15.4. The molecule has 0 aliphatic carbocycles. The maximum atomic E-state index is 12.7. The van der Waals surface area contributed by atoms with Crippen LogP contribution in [0.25, 0.3) is 0 Å². The second kappa shape index (κ2) is 8.33. The minimum atomic E-state index is -4.18. The highest BCUT2D eigenvalue weighted by molar-refractivity contribution is 5.79. The van der Waals surface area contributed by atoms with Gasteiger partial charge in [0.15, 0.2) is 5.75 Å². The van der Waals surface area contributed by atoms with Crippen LogP contribution in [0.2, 0.25) is 0 Å². The summed E-state index contributed by atoms with van der Waals surface area (Å²) in [6.07, 6.45) is 0.188. The number of amides is 1. The molecule has 150 valence electrons. The number of carbonyl (C=O) groups excluding carboxylic acids is 1. The molecule has 2 saturated heterocycles. The lowest BCUT2D eigenvalue weighted by molar-refractivity contribution is -0.151. The first kappa shape index (κ1) is 19.7. The summed E-state index contributed by atoms with van der Waals surface area (Å²) in [6, 6.07) is 1.90. The Morgan fingerprint density at radius 2 is 1.85 bits per heavy atom. The zero-order valence-electron chi connectivity index (χ0n) is 15.4. The average molecular weight is 386 g/mol. The molecule has 3 rings (SSSR count). The summed E-state index contributed by atoms with van der Waals surface area (Å²) in [5.41, 5.74) is 0.958. The monoisotopic (exact) mass is 386 g/mol. The first-order valence-corrected chi connectivity index (χ1v) is 9.18. The maximum absolute atomic E-state index is 12.7. The smallest absolute Gasteiger partial charge is 0.401 e. The van der Waals surface area contributed by atoms with Crippen LogP contribution in [-0.4, -0.2) is 79.8 Å². The van der Waals surface area contributed by atoms with Crippen molar-refractivity contribution in [2.24, 2.45) is 5.92 Å². The maximum Gasteiger partial charge on any atom is 0.401 e. The number of hydrogen-bond acceptors (Lipinski definition) is 5. The van der Waals surface area contributed by atoms with E-state index >= 15 is 0 Å². The number of anilines is 1. The lowest BCUT2D eigenvalue weighted by Gasteiger charge is -2.39. The molecule has 0 spiro atoms. The van der Waals surface area contributed by atoms with Crippen LogP contribution in [0, 0.1) is 5.92 Å². The molecule has 0 radical (unpaired) electrons. The van der Waals surface area contributed by atoms with Gasteiger partial charge in [0.25, 0.3) is 0 Å². The topological polar surface area (TPSA) is 48.9 Å². The second-order valence-corrected chi connectivity index (χ2v) is 7.03. The van der Waals surface area contributed by atoms with E-state index in [4.69, 9.17) is 4.74 Å². The van der Waals surface area contributed by atoms with Crippen molar-refractivity contribution in [1.82, 2.24) is 14.8 Å². The fourth-order valence-electron chi connectivity index (χ4n) is 3.81. The Kier molecular flexibility index (Phi) is 6.08. The van der Waals surface area contributed by atoms with Crippen molar-refractivity contribution in [3.8, 4) is 5.75 Å². The van der Waals surface area contributed by atoms with Crippen molar-refractivity contribution >= 4 is 11.6 Å². The third-order valence-corrected chi connectivity index (χ3v) is 5.25. The highest BCUT2D eigenvalue weighted by Gasteiger charge is 2.35. The Balaban J connectivity index is 1.49. The highest BCUT2D eigenvalue weighted by Crippen LogP contribution is 2.28. The molecule has 0 unspecified atom stereocenters. The van der Waals surface area contributed by atoms with E-state index in [-0.39, 0.29) is 11.8 Å². The van der Waals surface area contributed by atoms with Gasteiger partial charge in [-0.2, -0.15) is 13.2 Å². The third-order valence-electron chi connectivity index (χ3n) is 5.25. The molecule has 27 heavy (non-hydrogen) atoms. The van der Waals surface area contributed by atoms with Crippen molar-refractivity contribution in [3.63, 3.8) is 0 Å². The number of rotatable bonds is 4. The predicted molar refractivity (Wildman–Crippen MR) is 94.8 cm³/mol. The van der Waals surface area contributed by atoms with E-state index < -0.39 is 12.7 Å². The van der Waals surface area contributed by atoms with Crippen molar-refractivity contribution in [3.05, 3.63) is 18.5 Å². The number of pyridine rings is 1. The van der Waals surface area contributed by atoms with Crippen molar-refractivity contribution in [2.45, 2.75) is 19.0 Å². The summed E-state index contributed by atoms with van der Waals surface area (Å²) in [5.74, 6) is 0.605. The molecule has 0 aromatic carbocycles. The summed E-state index contributed by atoms with van der Waals surface area (Å²) >= 11 is 0. The molecule has 2 aliphatic heterocycles. The SMILES string of the molecule is COc1cnccc1N1CCN(C(=O)C2CCN(CC(F)(F)F)CC2)CC1. The van der Waals surface area contributed by atoms with Gasteiger partial charge in [-0.25, -0.2) is 0 Å². The quantitative estimate of drug-likeness (QED) is 0.793. The van der Waals surface area contributed by atoms with Gasteiger partial charge in [0.05, 0.1) is 25.5 Å². The zero-order chi connectivity index (χ0) is 19.4. The van der Waals surface area contributed by atoms with E-state index in [9.17, 15) is 18.0 Å². The number of aromatic nitrogens is 1. The highest BCUT2D eigenvalue weighted by atomic mass is 19.4. The molecule has 9 heteroatoms.